The Kier molecular flexibility index (Phi) is 15.2. The summed E-state index contributed by atoms with van der Waals surface area (Å²) < 4.78 is 68.7. The van der Waals surface area contributed by atoms with Crippen molar-refractivity contribution < 1.29 is 27.2 Å². The van der Waals surface area contributed by atoms with Gasteiger partial charge in [0.2, 0.25) is 5.91 Å². The Morgan fingerprint density at radius 3 is 2.00 bits per heavy atom. The molecule has 0 radical (unpaired) electrons. The fourth-order valence-corrected chi connectivity index (χ4v) is 20.4. The van der Waals surface area contributed by atoms with Gasteiger partial charge < -0.3 is 20.0 Å². The number of likely N-dealkylation sites (tertiary alicyclic amines) is 1. The third-order valence-electron chi connectivity index (χ3n) is 23.8. The van der Waals surface area contributed by atoms with Crippen LogP contribution in [-0.4, -0.2) is 39.7 Å². The quantitative estimate of drug-likeness (QED) is 0.0921. The number of hydrogen-bond donors (Lipinski definition) is 2. The molecule has 2 heterocycles. The fourth-order valence-electron chi connectivity index (χ4n) is 20.4. The van der Waals surface area contributed by atoms with Crippen molar-refractivity contribution in [3.8, 4) is 0 Å². The molecule has 0 spiro atoms. The number of amides is 1. The molecule has 5 nitrogen and oxygen atoms in total. The van der Waals surface area contributed by atoms with Gasteiger partial charge in [-0.3, -0.25) is 4.79 Å². The lowest BCUT2D eigenvalue weighted by atomic mass is 9.74. The van der Waals surface area contributed by atoms with Crippen LogP contribution in [0.3, 0.4) is 0 Å². The number of hydrogen-bond acceptors (Lipinski definition) is 3. The first-order chi connectivity index (χ1) is 39.2. The number of rotatable bonds is 15. The molecule has 9 aliphatic rings. The molecule has 3 aromatic carbocycles. The first-order valence-electron chi connectivity index (χ1n) is 32.4. The summed E-state index contributed by atoms with van der Waals surface area (Å²) in [6, 6.07) is 13.3. The summed E-state index contributed by atoms with van der Waals surface area (Å²) in [5.41, 5.74) is 11.2. The van der Waals surface area contributed by atoms with Crippen molar-refractivity contribution in [1.82, 2.24) is 15.2 Å². The highest BCUT2D eigenvalue weighted by Gasteiger charge is 2.55. The smallest absolute Gasteiger partial charge is 0.217 e. The molecule has 1 saturated heterocycles. The summed E-state index contributed by atoms with van der Waals surface area (Å²) in [5.74, 6) is -0.358. The van der Waals surface area contributed by atoms with E-state index in [1.165, 1.54) is 50.7 Å². The number of Topliss-reactive ketones (excluding diaryl/α,β-unsaturated/α-hetero) is 1. The maximum atomic E-state index is 17.5. The van der Waals surface area contributed by atoms with Gasteiger partial charge in [0, 0.05) is 71.0 Å². The van der Waals surface area contributed by atoms with Crippen LogP contribution in [0.1, 0.15) is 244 Å². The van der Waals surface area contributed by atoms with Crippen molar-refractivity contribution in [2.24, 2.45) is 46.8 Å². The van der Waals surface area contributed by atoms with Crippen LogP contribution in [0.4, 0.5) is 17.6 Å². The zero-order valence-corrected chi connectivity index (χ0v) is 48.8. The summed E-state index contributed by atoms with van der Waals surface area (Å²) in [5, 5.41) is 4.27. The van der Waals surface area contributed by atoms with Crippen molar-refractivity contribution in [1.29, 1.82) is 0 Å². The summed E-state index contributed by atoms with van der Waals surface area (Å²) in [4.78, 5) is 32.1. The Labute approximate surface area is 480 Å². The molecular formula is C72H89F4N3O2. The Bertz CT molecular complexity index is 3110. The normalized spacial score (nSPS) is 32.1. The number of halogens is 4. The van der Waals surface area contributed by atoms with Crippen molar-refractivity contribution in [3.63, 3.8) is 0 Å². The molecule has 81 heavy (non-hydrogen) atoms. The van der Waals surface area contributed by atoms with E-state index in [0.29, 0.717) is 77.1 Å². The van der Waals surface area contributed by atoms with Crippen LogP contribution in [0.5, 0.6) is 0 Å². The van der Waals surface area contributed by atoms with E-state index < -0.39 is 29.4 Å². The molecule has 7 saturated carbocycles. The van der Waals surface area contributed by atoms with Crippen molar-refractivity contribution in [3.05, 3.63) is 135 Å². The largest absolute Gasteiger partial charge is 0.368 e. The van der Waals surface area contributed by atoms with Crippen molar-refractivity contribution in [2.45, 2.75) is 235 Å². The lowest BCUT2D eigenvalue weighted by molar-refractivity contribution is -0.120. The molecule has 3 unspecified atom stereocenters. The second-order valence-corrected chi connectivity index (χ2v) is 28.4. The van der Waals surface area contributed by atoms with E-state index in [9.17, 15) is 9.59 Å². The average Bonchev–Trinajstić information content (AvgIpc) is 3.74. The highest BCUT2D eigenvalue weighted by molar-refractivity contribution is 5.82. The van der Waals surface area contributed by atoms with Crippen LogP contribution in [-0.2, 0) is 22.4 Å². The zero-order valence-electron chi connectivity index (χ0n) is 48.8. The highest BCUT2D eigenvalue weighted by atomic mass is 19.1. The van der Waals surface area contributed by atoms with E-state index in [0.717, 1.165) is 143 Å². The van der Waals surface area contributed by atoms with Gasteiger partial charge in [-0.2, -0.15) is 0 Å². The molecule has 13 rings (SSSR count). The summed E-state index contributed by atoms with van der Waals surface area (Å²) in [7, 11) is 0. The van der Waals surface area contributed by atoms with E-state index in [-0.39, 0.29) is 70.1 Å². The number of H-pyrrole nitrogens is 1. The summed E-state index contributed by atoms with van der Waals surface area (Å²) in [6.45, 7) is 14.9. The van der Waals surface area contributed by atoms with Gasteiger partial charge in [-0.25, -0.2) is 17.6 Å². The topological polar surface area (TPSA) is 65.2 Å². The SMILES string of the molecule is C=C=C(C1[C@H]2CCC[C@H]2C[C@H]1c1cc2cc([C@H]3CC[C@H](c4cc5c(cc4F)CC(C)([C@@H]4C[C@@H]6CCC[C@@H]6N4C(=C)[C@@H](CC(C)=O)C4CCCC4)C5)C3c3cc(F)c(C4CCCCC4)c(F)c3)c(F)cc2[nH]1)[C@@H](NC(C)=O)C1CCCC1. The maximum Gasteiger partial charge on any atom is 0.217 e. The van der Waals surface area contributed by atoms with Crippen LogP contribution in [0.15, 0.2) is 72.6 Å². The second kappa shape index (κ2) is 22.3. The van der Waals surface area contributed by atoms with E-state index in [1.807, 2.05) is 6.07 Å². The number of benzene rings is 3. The standard InChI is InChI=1S/C72H89F4N3O2/c1-6-52(71(77-42(4)81)45-20-12-13-21-45)70-53-24-14-22-46(53)29-59(70)65-35-48-30-57(61(74)37-64(48)78-65)54-26-27-55(68(54)49-32-62(75)69(63(76)33-49)44-18-8-7-9-19-44)58-31-50-38-72(5,39-51(50)34-60(58)73)67-36-47-23-15-25-66(47)79(67)41(3)56(28-40(2)80)43-16-10-11-17-43/h30-35,37,43-47,53-56,59,66-68,70-71,78H,1,3,7-29,36,38-39H2,2,4-5H3,(H,77,81)/t46-,47-,53-,54+,55+,56+,59-,66-,67-,68?,70?,71-,72?/m0/s1. The molecule has 1 amide bonds. The Morgan fingerprint density at radius 1 is 0.691 bits per heavy atom. The third kappa shape index (κ3) is 10.0. The first kappa shape index (κ1) is 55.3. The molecule has 13 atom stereocenters. The molecule has 4 aromatic rings. The van der Waals surface area contributed by atoms with Gasteiger partial charge in [-0.05, 0) is 232 Å². The number of aromatic amines is 1. The molecule has 1 aliphatic heterocycles. The van der Waals surface area contributed by atoms with E-state index in [4.69, 9.17) is 6.58 Å². The average molecular weight is 1100 g/mol. The van der Waals surface area contributed by atoms with Gasteiger partial charge in [-0.15, -0.1) is 5.73 Å². The fraction of sp³-hybridized carbons (Fsp3) is 0.625. The predicted molar refractivity (Wildman–Crippen MR) is 315 cm³/mol. The molecule has 8 aliphatic carbocycles. The third-order valence-corrected chi connectivity index (χ3v) is 23.8. The molecule has 1 aromatic heterocycles. The maximum absolute atomic E-state index is 17.5. The molecule has 0 bridgehead atoms. The summed E-state index contributed by atoms with van der Waals surface area (Å²) in [6.07, 6.45) is 25.9. The highest BCUT2D eigenvalue weighted by Crippen LogP contribution is 2.61. The van der Waals surface area contributed by atoms with Gasteiger partial charge in [-0.1, -0.05) is 90.4 Å². The van der Waals surface area contributed by atoms with Crippen LogP contribution in [0, 0.1) is 70.1 Å². The van der Waals surface area contributed by atoms with E-state index in [1.54, 1.807) is 26.0 Å². The minimum absolute atomic E-state index is 0.0310. The zero-order chi connectivity index (χ0) is 56.0. The number of carbonyl (C=O) groups is 2. The molecule has 9 heteroatoms. The number of fused-ring (bicyclic) bond motifs is 4. The lowest BCUT2D eigenvalue weighted by Crippen LogP contribution is -2.47. The summed E-state index contributed by atoms with van der Waals surface area (Å²) >= 11 is 0. The van der Waals surface area contributed by atoms with Crippen LogP contribution < -0.4 is 5.32 Å². The monoisotopic (exact) mass is 1100 g/mol. The minimum Gasteiger partial charge on any atom is -0.368 e. The van der Waals surface area contributed by atoms with Crippen molar-refractivity contribution >= 4 is 22.6 Å². The number of nitrogens with one attached hydrogen (secondary N) is 2. The number of allylic oxidation sites excluding steroid dienone is 1. The van der Waals surface area contributed by atoms with Gasteiger partial charge >= 0.3 is 0 Å². The Morgan fingerprint density at radius 2 is 1.32 bits per heavy atom. The molecular weight excluding hydrogens is 1010 g/mol. The minimum atomic E-state index is -0.581. The van der Waals surface area contributed by atoms with E-state index >= 15 is 17.6 Å². The van der Waals surface area contributed by atoms with Crippen LogP contribution in [0.2, 0.25) is 0 Å². The van der Waals surface area contributed by atoms with Gasteiger partial charge in [0.05, 0.1) is 6.04 Å². The first-order valence-corrected chi connectivity index (χ1v) is 32.4. The number of aromatic nitrogens is 1. The molecule has 2 N–H and O–H groups in total. The second-order valence-electron chi connectivity index (χ2n) is 28.4. The van der Waals surface area contributed by atoms with Gasteiger partial charge in [0.25, 0.3) is 0 Å². The predicted octanol–water partition coefficient (Wildman–Crippen LogP) is 17.8. The van der Waals surface area contributed by atoms with Crippen LogP contribution in [0.25, 0.3) is 10.9 Å². The number of nitrogens with zero attached hydrogens (tertiary/aromatic N) is 1. The Hall–Kier alpha value is -4.88. The van der Waals surface area contributed by atoms with Gasteiger partial charge in [0.15, 0.2) is 0 Å². The van der Waals surface area contributed by atoms with Gasteiger partial charge in [0.1, 0.15) is 29.1 Å². The number of carbonyl (C=O) groups excluding carboxylic acids is 2. The van der Waals surface area contributed by atoms with Crippen molar-refractivity contribution in [2.75, 3.05) is 0 Å². The number of ketones is 1. The molecule has 8 fully saturated rings. The molecule has 432 valence electrons. The van der Waals surface area contributed by atoms with Crippen LogP contribution >= 0.6 is 0 Å². The lowest BCUT2D eigenvalue weighted by Gasteiger charge is -2.45. The Balaban J connectivity index is 0.844. The van der Waals surface area contributed by atoms with E-state index in [2.05, 4.69) is 46.6 Å².